The van der Waals surface area contributed by atoms with Crippen molar-refractivity contribution in [2.24, 2.45) is 0 Å². The smallest absolute Gasteiger partial charge is 0.253 e. The van der Waals surface area contributed by atoms with Crippen LogP contribution >= 0.6 is 11.3 Å². The predicted molar refractivity (Wildman–Crippen MR) is 148 cm³/mol. The molecular weight excluding hydrogens is 498 g/mol. The molecule has 9 nitrogen and oxygen atoms in total. The van der Waals surface area contributed by atoms with E-state index < -0.39 is 0 Å². The Morgan fingerprint density at radius 3 is 2.53 bits per heavy atom. The van der Waals surface area contributed by atoms with Gasteiger partial charge in [0, 0.05) is 62.2 Å². The van der Waals surface area contributed by atoms with Crippen molar-refractivity contribution in [2.45, 2.75) is 26.7 Å². The van der Waals surface area contributed by atoms with Crippen LogP contribution in [0.2, 0.25) is 0 Å². The van der Waals surface area contributed by atoms with E-state index in [-0.39, 0.29) is 11.8 Å². The highest BCUT2D eigenvalue weighted by Gasteiger charge is 2.30. The molecule has 0 bridgehead atoms. The summed E-state index contributed by atoms with van der Waals surface area (Å²) in [7, 11) is 0. The topological polar surface area (TPSA) is 96.3 Å². The molecule has 0 saturated carbocycles. The maximum Gasteiger partial charge on any atom is 0.253 e. The molecule has 6 rings (SSSR count). The maximum atomic E-state index is 13.2. The fourth-order valence-corrected chi connectivity index (χ4v) is 6.31. The molecular formula is C28H29N7O2S. The van der Waals surface area contributed by atoms with Crippen molar-refractivity contribution in [2.75, 3.05) is 38.0 Å². The number of thiazole rings is 1. The van der Waals surface area contributed by atoms with Crippen molar-refractivity contribution < 1.29 is 9.59 Å². The SMILES string of the molecule is CCN1CCN(C(=O)c2ccc(-n3nc(-c4cccnc4)c4c3-c3sc(NC(C)=O)nc3CC4)cc2)CC1. The van der Waals surface area contributed by atoms with Crippen molar-refractivity contribution in [3.8, 4) is 27.5 Å². The summed E-state index contributed by atoms with van der Waals surface area (Å²) in [5.41, 5.74) is 6.47. The Morgan fingerprint density at radius 1 is 1.05 bits per heavy atom. The lowest BCUT2D eigenvalue weighted by atomic mass is 9.95. The van der Waals surface area contributed by atoms with Gasteiger partial charge in [-0.2, -0.15) is 5.10 Å². The van der Waals surface area contributed by atoms with Gasteiger partial charge in [0.2, 0.25) is 5.91 Å². The van der Waals surface area contributed by atoms with Crippen LogP contribution in [0, 0.1) is 0 Å². The predicted octanol–water partition coefficient (Wildman–Crippen LogP) is 3.89. The van der Waals surface area contributed by atoms with Gasteiger partial charge >= 0.3 is 0 Å². The number of carbonyl (C=O) groups is 2. The quantitative estimate of drug-likeness (QED) is 0.423. The zero-order valence-corrected chi connectivity index (χ0v) is 22.3. The number of pyridine rings is 1. The van der Waals surface area contributed by atoms with Gasteiger partial charge in [-0.15, -0.1) is 0 Å². The van der Waals surface area contributed by atoms with Gasteiger partial charge in [-0.25, -0.2) is 9.67 Å². The molecule has 2 aliphatic rings. The van der Waals surface area contributed by atoms with Crippen molar-refractivity contribution in [3.63, 3.8) is 0 Å². The van der Waals surface area contributed by atoms with E-state index in [1.165, 1.54) is 18.3 Å². The lowest BCUT2D eigenvalue weighted by Crippen LogP contribution is -2.48. The number of aromatic nitrogens is 4. The molecule has 10 heteroatoms. The minimum Gasteiger partial charge on any atom is -0.336 e. The second-order valence-corrected chi connectivity index (χ2v) is 10.6. The number of piperazine rings is 1. The first-order valence-electron chi connectivity index (χ1n) is 12.9. The molecule has 194 valence electrons. The Labute approximate surface area is 225 Å². The largest absolute Gasteiger partial charge is 0.336 e. The molecule has 1 aliphatic carbocycles. The van der Waals surface area contributed by atoms with Crippen LogP contribution in [0.1, 0.15) is 35.5 Å². The summed E-state index contributed by atoms with van der Waals surface area (Å²) < 4.78 is 1.94. The summed E-state index contributed by atoms with van der Waals surface area (Å²) in [4.78, 5) is 39.1. The van der Waals surface area contributed by atoms with Crippen LogP contribution in [-0.2, 0) is 17.6 Å². The minimum atomic E-state index is -0.141. The van der Waals surface area contributed by atoms with E-state index >= 15 is 0 Å². The summed E-state index contributed by atoms with van der Waals surface area (Å²) in [6.07, 6.45) is 5.15. The zero-order chi connectivity index (χ0) is 26.2. The van der Waals surface area contributed by atoms with E-state index in [4.69, 9.17) is 5.10 Å². The lowest BCUT2D eigenvalue weighted by Gasteiger charge is -2.34. The molecule has 0 spiro atoms. The Morgan fingerprint density at radius 2 is 1.84 bits per heavy atom. The fourth-order valence-electron chi connectivity index (χ4n) is 5.19. The number of benzene rings is 1. The summed E-state index contributed by atoms with van der Waals surface area (Å²) >= 11 is 1.47. The van der Waals surface area contributed by atoms with Crippen LogP contribution in [0.25, 0.3) is 27.5 Å². The van der Waals surface area contributed by atoms with Crippen molar-refractivity contribution in [1.82, 2.24) is 29.5 Å². The number of hydrogen-bond donors (Lipinski definition) is 1. The normalized spacial score (nSPS) is 15.2. The number of nitrogens with zero attached hydrogens (tertiary/aromatic N) is 6. The molecule has 3 aromatic heterocycles. The number of amides is 2. The third-order valence-electron chi connectivity index (χ3n) is 7.19. The Kier molecular flexibility index (Phi) is 6.50. The highest BCUT2D eigenvalue weighted by Crippen LogP contribution is 2.44. The van der Waals surface area contributed by atoms with E-state index in [1.807, 2.05) is 52.2 Å². The zero-order valence-electron chi connectivity index (χ0n) is 21.5. The molecule has 1 N–H and O–H groups in total. The lowest BCUT2D eigenvalue weighted by molar-refractivity contribution is -0.114. The second-order valence-electron chi connectivity index (χ2n) is 9.58. The van der Waals surface area contributed by atoms with Crippen LogP contribution in [0.5, 0.6) is 0 Å². The molecule has 4 heterocycles. The third kappa shape index (κ3) is 4.50. The first kappa shape index (κ1) is 24.4. The molecule has 38 heavy (non-hydrogen) atoms. The van der Waals surface area contributed by atoms with Crippen LogP contribution in [0.3, 0.4) is 0 Å². The molecule has 0 atom stereocenters. The number of hydrogen-bond acceptors (Lipinski definition) is 7. The fraction of sp³-hybridized carbons (Fsp3) is 0.321. The molecule has 1 fully saturated rings. The van der Waals surface area contributed by atoms with Gasteiger partial charge in [0.1, 0.15) is 0 Å². The maximum absolute atomic E-state index is 13.2. The number of nitrogens with one attached hydrogen (secondary N) is 1. The number of likely N-dealkylation sites (N-methyl/N-ethyl adjacent to an activating group) is 1. The number of fused-ring (bicyclic) bond motifs is 3. The van der Waals surface area contributed by atoms with Crippen LogP contribution < -0.4 is 5.32 Å². The average molecular weight is 528 g/mol. The molecule has 0 unspecified atom stereocenters. The van der Waals surface area contributed by atoms with Crippen LogP contribution in [0.4, 0.5) is 5.13 Å². The second kappa shape index (κ2) is 10.1. The van der Waals surface area contributed by atoms with Crippen LogP contribution in [0.15, 0.2) is 48.8 Å². The first-order chi connectivity index (χ1) is 18.5. The number of rotatable bonds is 5. The van der Waals surface area contributed by atoms with Gasteiger partial charge in [0.25, 0.3) is 5.91 Å². The number of carbonyl (C=O) groups excluding carboxylic acids is 2. The minimum absolute atomic E-state index is 0.0653. The molecule has 2 amide bonds. The average Bonchev–Trinajstić information content (AvgIpc) is 3.54. The van der Waals surface area contributed by atoms with Gasteiger partial charge < -0.3 is 15.1 Å². The van der Waals surface area contributed by atoms with E-state index in [9.17, 15) is 9.59 Å². The van der Waals surface area contributed by atoms with Crippen molar-refractivity contribution in [1.29, 1.82) is 0 Å². The van der Waals surface area contributed by atoms with Gasteiger partial charge in [0.15, 0.2) is 5.13 Å². The number of aryl methyl sites for hydroxylation is 1. The molecule has 4 aromatic rings. The van der Waals surface area contributed by atoms with Crippen molar-refractivity contribution in [3.05, 3.63) is 65.6 Å². The van der Waals surface area contributed by atoms with Gasteiger partial charge in [-0.1, -0.05) is 18.3 Å². The van der Waals surface area contributed by atoms with Gasteiger partial charge in [0.05, 0.1) is 27.6 Å². The highest BCUT2D eigenvalue weighted by atomic mass is 32.1. The summed E-state index contributed by atoms with van der Waals surface area (Å²) in [6, 6.07) is 11.6. The highest BCUT2D eigenvalue weighted by molar-refractivity contribution is 7.19. The van der Waals surface area contributed by atoms with Gasteiger partial charge in [-0.3, -0.25) is 14.6 Å². The Bertz CT molecular complexity index is 1490. The van der Waals surface area contributed by atoms with Gasteiger partial charge in [-0.05, 0) is 55.8 Å². The van der Waals surface area contributed by atoms with E-state index in [1.54, 1.807) is 6.20 Å². The molecule has 0 radical (unpaired) electrons. The number of anilines is 1. The summed E-state index contributed by atoms with van der Waals surface area (Å²) in [5, 5.41) is 8.48. The van der Waals surface area contributed by atoms with E-state index in [0.29, 0.717) is 10.7 Å². The standard InChI is InChI=1S/C28H29N7O2S/c1-3-33-13-15-34(16-14-33)27(37)19-6-8-21(9-7-19)35-25-22(24(32-35)20-5-4-12-29-17-20)10-11-23-26(25)38-28(31-23)30-18(2)36/h4-9,12,17H,3,10-11,13-16H2,1-2H3,(H,30,31,36). The summed E-state index contributed by atoms with van der Waals surface area (Å²) in [5.74, 6) is -0.0761. The molecule has 1 aliphatic heterocycles. The third-order valence-corrected chi connectivity index (χ3v) is 8.21. The van der Waals surface area contributed by atoms with Crippen LogP contribution in [-0.4, -0.2) is 74.1 Å². The summed E-state index contributed by atoms with van der Waals surface area (Å²) in [6.45, 7) is 7.98. The first-order valence-corrected chi connectivity index (χ1v) is 13.8. The monoisotopic (exact) mass is 527 g/mol. The molecule has 1 saturated heterocycles. The van der Waals surface area contributed by atoms with Crippen molar-refractivity contribution >= 4 is 28.3 Å². The van der Waals surface area contributed by atoms with E-state index in [0.717, 1.165) is 84.3 Å². The molecule has 1 aromatic carbocycles. The van der Waals surface area contributed by atoms with E-state index in [2.05, 4.69) is 27.1 Å². The Hall–Kier alpha value is -3.89. The Balaban J connectivity index is 1.38.